The summed E-state index contributed by atoms with van der Waals surface area (Å²) in [5, 5.41) is 6.85. The molecular weight excluding hydrogens is 306 g/mol. The molecular formula is C18H35N3O3. The molecule has 2 aliphatic rings. The van der Waals surface area contributed by atoms with Crippen molar-refractivity contribution in [3.63, 3.8) is 0 Å². The van der Waals surface area contributed by atoms with E-state index in [9.17, 15) is 0 Å². The molecule has 6 heteroatoms. The molecule has 1 saturated carbocycles. The van der Waals surface area contributed by atoms with Crippen molar-refractivity contribution < 1.29 is 14.2 Å². The summed E-state index contributed by atoms with van der Waals surface area (Å²) >= 11 is 0. The van der Waals surface area contributed by atoms with Crippen LogP contribution < -0.4 is 10.6 Å². The molecule has 24 heavy (non-hydrogen) atoms. The van der Waals surface area contributed by atoms with E-state index in [2.05, 4.69) is 17.6 Å². The number of rotatable bonds is 9. The molecule has 0 aromatic rings. The van der Waals surface area contributed by atoms with E-state index in [1.165, 1.54) is 19.3 Å². The summed E-state index contributed by atoms with van der Waals surface area (Å²) in [6, 6.07) is 0. The van der Waals surface area contributed by atoms with Crippen molar-refractivity contribution in [3.8, 4) is 0 Å². The van der Waals surface area contributed by atoms with Crippen molar-refractivity contribution >= 4 is 5.96 Å². The van der Waals surface area contributed by atoms with Crippen LogP contribution in [-0.2, 0) is 14.2 Å². The zero-order valence-electron chi connectivity index (χ0n) is 15.7. The summed E-state index contributed by atoms with van der Waals surface area (Å²) in [6.07, 6.45) is 6.79. The second-order valence-corrected chi connectivity index (χ2v) is 7.14. The first-order valence-electron chi connectivity index (χ1n) is 9.32. The molecule has 0 aromatic carbocycles. The maximum atomic E-state index is 5.80. The molecule has 2 N–H and O–H groups in total. The molecule has 2 rings (SSSR count). The largest absolute Gasteiger partial charge is 0.385 e. The van der Waals surface area contributed by atoms with Crippen LogP contribution in [-0.4, -0.2) is 65.2 Å². The van der Waals surface area contributed by atoms with E-state index < -0.39 is 0 Å². The van der Waals surface area contributed by atoms with E-state index in [1.807, 2.05) is 0 Å². The number of nitrogens with zero attached hydrogens (tertiary/aromatic N) is 1. The highest BCUT2D eigenvalue weighted by molar-refractivity contribution is 5.79. The number of aliphatic imine (C=N–C) groups is 1. The van der Waals surface area contributed by atoms with Crippen molar-refractivity contribution in [3.05, 3.63) is 0 Å². The highest BCUT2D eigenvalue weighted by atomic mass is 16.5. The Hall–Kier alpha value is -0.850. The van der Waals surface area contributed by atoms with E-state index >= 15 is 0 Å². The average Bonchev–Trinajstić information content (AvgIpc) is 2.59. The van der Waals surface area contributed by atoms with Crippen molar-refractivity contribution in [2.24, 2.45) is 10.4 Å². The fourth-order valence-corrected chi connectivity index (χ4v) is 3.51. The number of hydrogen-bond donors (Lipinski definition) is 2. The van der Waals surface area contributed by atoms with E-state index in [4.69, 9.17) is 19.2 Å². The Morgan fingerprint density at radius 3 is 2.42 bits per heavy atom. The quantitative estimate of drug-likeness (QED) is 0.496. The average molecular weight is 341 g/mol. The highest BCUT2D eigenvalue weighted by Gasteiger charge is 2.36. The number of methoxy groups -OCH3 is 2. The van der Waals surface area contributed by atoms with Crippen molar-refractivity contribution in [2.45, 2.75) is 51.0 Å². The monoisotopic (exact) mass is 341 g/mol. The molecule has 0 bridgehead atoms. The maximum absolute atomic E-state index is 5.80. The minimum atomic E-state index is -0.140. The summed E-state index contributed by atoms with van der Waals surface area (Å²) < 4.78 is 16.5. The van der Waals surface area contributed by atoms with Crippen molar-refractivity contribution in [1.82, 2.24) is 10.6 Å². The van der Waals surface area contributed by atoms with Gasteiger partial charge in [-0.05, 0) is 31.6 Å². The molecule has 0 atom stereocenters. The second-order valence-electron chi connectivity index (χ2n) is 7.14. The minimum absolute atomic E-state index is 0.140. The Morgan fingerprint density at radius 2 is 1.88 bits per heavy atom. The van der Waals surface area contributed by atoms with Gasteiger partial charge in [0.05, 0.1) is 5.60 Å². The Bertz CT molecular complexity index is 391. The summed E-state index contributed by atoms with van der Waals surface area (Å²) in [6.45, 7) is 6.96. The molecule has 140 valence electrons. The van der Waals surface area contributed by atoms with Crippen LogP contribution in [0.2, 0.25) is 0 Å². The van der Waals surface area contributed by atoms with Gasteiger partial charge in [0.2, 0.25) is 0 Å². The topological polar surface area (TPSA) is 64.1 Å². The van der Waals surface area contributed by atoms with Gasteiger partial charge in [-0.3, -0.25) is 4.99 Å². The molecule has 1 aliphatic carbocycles. The zero-order chi connectivity index (χ0) is 17.3. The molecule has 6 nitrogen and oxygen atoms in total. The number of ether oxygens (including phenoxy) is 3. The van der Waals surface area contributed by atoms with Gasteiger partial charge in [0.1, 0.15) is 0 Å². The molecule has 0 unspecified atom stereocenters. The van der Waals surface area contributed by atoms with Crippen LogP contribution in [0.15, 0.2) is 4.99 Å². The summed E-state index contributed by atoms with van der Waals surface area (Å²) in [4.78, 5) is 4.86. The third kappa shape index (κ3) is 5.33. The highest BCUT2D eigenvalue weighted by Crippen LogP contribution is 2.44. The third-order valence-electron chi connectivity index (χ3n) is 5.58. The molecule has 0 radical (unpaired) electrons. The lowest BCUT2D eigenvalue weighted by molar-refractivity contribution is -0.0855. The van der Waals surface area contributed by atoms with Gasteiger partial charge in [0, 0.05) is 66.5 Å². The number of hydrogen-bond acceptors (Lipinski definition) is 4. The smallest absolute Gasteiger partial charge is 0.191 e. The lowest BCUT2D eigenvalue weighted by atomic mass is 9.67. The predicted molar refractivity (Wildman–Crippen MR) is 96.6 cm³/mol. The Kier molecular flexibility index (Phi) is 7.78. The lowest BCUT2D eigenvalue weighted by Crippen LogP contribution is -2.51. The van der Waals surface area contributed by atoms with E-state index in [-0.39, 0.29) is 5.60 Å². The van der Waals surface area contributed by atoms with Gasteiger partial charge in [-0.15, -0.1) is 0 Å². The predicted octanol–water partition coefficient (Wildman–Crippen LogP) is 1.94. The SMILES string of the molecule is CCNC(=NCC1(CCOC)CCC1)NCC1(OC)CCOCC1. The van der Waals surface area contributed by atoms with Gasteiger partial charge < -0.3 is 24.8 Å². The van der Waals surface area contributed by atoms with Crippen LogP contribution in [0.5, 0.6) is 0 Å². The van der Waals surface area contributed by atoms with Gasteiger partial charge in [0.25, 0.3) is 0 Å². The zero-order valence-corrected chi connectivity index (χ0v) is 15.7. The lowest BCUT2D eigenvalue weighted by Gasteiger charge is -2.41. The molecule has 2 fully saturated rings. The van der Waals surface area contributed by atoms with Crippen LogP contribution in [0, 0.1) is 5.41 Å². The summed E-state index contributed by atoms with van der Waals surface area (Å²) in [5.74, 6) is 0.893. The Labute approximate surface area is 146 Å². The van der Waals surface area contributed by atoms with E-state index in [0.717, 1.165) is 64.7 Å². The first-order chi connectivity index (χ1) is 11.7. The first kappa shape index (κ1) is 19.5. The van der Waals surface area contributed by atoms with Gasteiger partial charge in [-0.2, -0.15) is 0 Å². The van der Waals surface area contributed by atoms with Crippen LogP contribution >= 0.6 is 0 Å². The fraction of sp³-hybridized carbons (Fsp3) is 0.944. The van der Waals surface area contributed by atoms with Gasteiger partial charge in [0.15, 0.2) is 5.96 Å². The number of guanidine groups is 1. The molecule has 0 aromatic heterocycles. The van der Waals surface area contributed by atoms with Crippen LogP contribution in [0.25, 0.3) is 0 Å². The van der Waals surface area contributed by atoms with Gasteiger partial charge in [-0.1, -0.05) is 6.42 Å². The van der Waals surface area contributed by atoms with E-state index in [1.54, 1.807) is 14.2 Å². The normalized spacial score (nSPS) is 22.7. The van der Waals surface area contributed by atoms with Crippen LogP contribution in [0.3, 0.4) is 0 Å². The molecule has 0 amide bonds. The summed E-state index contributed by atoms with van der Waals surface area (Å²) in [7, 11) is 3.57. The van der Waals surface area contributed by atoms with Crippen LogP contribution in [0.4, 0.5) is 0 Å². The van der Waals surface area contributed by atoms with E-state index in [0.29, 0.717) is 5.41 Å². The minimum Gasteiger partial charge on any atom is -0.385 e. The first-order valence-corrected chi connectivity index (χ1v) is 9.32. The maximum Gasteiger partial charge on any atom is 0.191 e. The van der Waals surface area contributed by atoms with Crippen LogP contribution in [0.1, 0.15) is 45.4 Å². The fourth-order valence-electron chi connectivity index (χ4n) is 3.51. The standard InChI is InChI=1S/C18H35N3O3/c1-4-19-16(20-14-17(6-5-7-17)8-11-22-2)21-15-18(23-3)9-12-24-13-10-18/h4-15H2,1-3H3,(H2,19,20,21). The number of nitrogens with one attached hydrogen (secondary N) is 2. The van der Waals surface area contributed by atoms with Gasteiger partial charge >= 0.3 is 0 Å². The van der Waals surface area contributed by atoms with Crippen molar-refractivity contribution in [2.75, 3.05) is 53.7 Å². The molecule has 0 spiro atoms. The van der Waals surface area contributed by atoms with Gasteiger partial charge in [-0.25, -0.2) is 0 Å². The second kappa shape index (κ2) is 9.59. The molecule has 1 heterocycles. The molecule has 1 saturated heterocycles. The Morgan fingerprint density at radius 1 is 1.12 bits per heavy atom. The molecule has 1 aliphatic heterocycles. The third-order valence-corrected chi connectivity index (χ3v) is 5.58. The summed E-state index contributed by atoms with van der Waals surface area (Å²) in [5.41, 5.74) is 0.203. The van der Waals surface area contributed by atoms with Crippen molar-refractivity contribution in [1.29, 1.82) is 0 Å². The Balaban J connectivity index is 1.90.